The predicted octanol–water partition coefficient (Wildman–Crippen LogP) is 1.60. The first kappa shape index (κ1) is 12.0. The zero-order valence-electron chi connectivity index (χ0n) is 9.33. The van der Waals surface area contributed by atoms with Gasteiger partial charge >= 0.3 is 0 Å². The predicted molar refractivity (Wildman–Crippen MR) is 63.5 cm³/mol. The third-order valence-corrected chi connectivity index (χ3v) is 2.07. The van der Waals surface area contributed by atoms with E-state index in [2.05, 4.69) is 29.6 Å². The third kappa shape index (κ3) is 4.78. The molecule has 5 heteroatoms. The van der Waals surface area contributed by atoms with Crippen molar-refractivity contribution in [3.8, 4) is 0 Å². The first-order chi connectivity index (χ1) is 7.08. The Hall–Kier alpha value is -1.10. The van der Waals surface area contributed by atoms with Crippen LogP contribution in [-0.2, 0) is 6.54 Å². The van der Waals surface area contributed by atoms with Gasteiger partial charge in [-0.3, -0.25) is 0 Å². The Balaban J connectivity index is 2.22. The molecule has 0 aliphatic heterocycles. The monoisotopic (exact) mass is 227 g/mol. The van der Waals surface area contributed by atoms with E-state index in [9.17, 15) is 0 Å². The van der Waals surface area contributed by atoms with Gasteiger partial charge < -0.3 is 15.2 Å². The van der Waals surface area contributed by atoms with Crippen molar-refractivity contribution in [2.24, 2.45) is 5.92 Å². The van der Waals surface area contributed by atoms with Crippen LogP contribution >= 0.6 is 12.2 Å². The summed E-state index contributed by atoms with van der Waals surface area (Å²) in [4.78, 5) is 0. The average molecular weight is 227 g/mol. The van der Waals surface area contributed by atoms with Gasteiger partial charge in [0.15, 0.2) is 5.11 Å². The van der Waals surface area contributed by atoms with Crippen molar-refractivity contribution < 1.29 is 4.52 Å². The highest BCUT2D eigenvalue weighted by molar-refractivity contribution is 7.80. The van der Waals surface area contributed by atoms with Crippen LogP contribution in [0.25, 0.3) is 0 Å². The van der Waals surface area contributed by atoms with Crippen LogP contribution in [0.1, 0.15) is 25.3 Å². The fourth-order valence-electron chi connectivity index (χ4n) is 1.03. The normalized spacial score (nSPS) is 10.4. The van der Waals surface area contributed by atoms with Crippen LogP contribution in [0.2, 0.25) is 0 Å². The number of rotatable bonds is 4. The molecular formula is C10H17N3OS. The third-order valence-electron chi connectivity index (χ3n) is 1.78. The van der Waals surface area contributed by atoms with E-state index in [0.29, 0.717) is 17.6 Å². The smallest absolute Gasteiger partial charge is 0.166 e. The van der Waals surface area contributed by atoms with Crippen LogP contribution in [0.4, 0.5) is 0 Å². The molecule has 0 aliphatic rings. The molecule has 1 aromatic rings. The fourth-order valence-corrected chi connectivity index (χ4v) is 1.19. The van der Waals surface area contributed by atoms with E-state index < -0.39 is 0 Å². The summed E-state index contributed by atoms with van der Waals surface area (Å²) in [5, 5.41) is 10.7. The van der Waals surface area contributed by atoms with Crippen molar-refractivity contribution in [1.82, 2.24) is 15.8 Å². The maximum Gasteiger partial charge on any atom is 0.166 e. The minimum atomic E-state index is 0.582. The highest BCUT2D eigenvalue weighted by Gasteiger charge is 2.01. The highest BCUT2D eigenvalue weighted by atomic mass is 32.1. The Kier molecular flexibility index (Phi) is 4.55. The SMILES string of the molecule is Cc1cc(CNC(=S)NCC(C)C)no1. The molecule has 2 N–H and O–H groups in total. The number of nitrogens with one attached hydrogen (secondary N) is 2. The summed E-state index contributed by atoms with van der Waals surface area (Å²) in [6, 6.07) is 1.89. The minimum Gasteiger partial charge on any atom is -0.362 e. The Bertz CT molecular complexity index is 322. The van der Waals surface area contributed by atoms with E-state index in [-0.39, 0.29) is 0 Å². The maximum absolute atomic E-state index is 5.10. The quantitative estimate of drug-likeness (QED) is 0.765. The fraction of sp³-hybridized carbons (Fsp3) is 0.600. The minimum absolute atomic E-state index is 0.582. The molecule has 15 heavy (non-hydrogen) atoms. The largest absolute Gasteiger partial charge is 0.362 e. The molecule has 0 bridgehead atoms. The summed E-state index contributed by atoms with van der Waals surface area (Å²) < 4.78 is 4.94. The molecule has 84 valence electrons. The van der Waals surface area contributed by atoms with Crippen molar-refractivity contribution in [3.63, 3.8) is 0 Å². The molecule has 0 aliphatic carbocycles. The van der Waals surface area contributed by atoms with Crippen molar-refractivity contribution >= 4 is 17.3 Å². The number of hydrogen-bond donors (Lipinski definition) is 2. The molecule has 0 atom stereocenters. The molecule has 0 spiro atoms. The lowest BCUT2D eigenvalue weighted by molar-refractivity contribution is 0.390. The second kappa shape index (κ2) is 5.70. The molecule has 1 heterocycles. The second-order valence-electron chi connectivity index (χ2n) is 3.89. The Morgan fingerprint density at radius 1 is 1.53 bits per heavy atom. The standard InChI is InChI=1S/C10H17N3OS/c1-7(2)5-11-10(15)12-6-9-4-8(3)14-13-9/h4,7H,5-6H2,1-3H3,(H2,11,12,15). The zero-order chi connectivity index (χ0) is 11.3. The second-order valence-corrected chi connectivity index (χ2v) is 4.29. The van der Waals surface area contributed by atoms with E-state index in [1.807, 2.05) is 13.0 Å². The van der Waals surface area contributed by atoms with Crippen LogP contribution in [-0.4, -0.2) is 16.8 Å². The summed E-state index contributed by atoms with van der Waals surface area (Å²) in [6.07, 6.45) is 0. The molecule has 1 rings (SSSR count). The molecule has 0 saturated carbocycles. The van der Waals surface area contributed by atoms with E-state index in [1.54, 1.807) is 0 Å². The van der Waals surface area contributed by atoms with Gasteiger partial charge in [0, 0.05) is 12.6 Å². The van der Waals surface area contributed by atoms with Gasteiger partial charge in [0.2, 0.25) is 0 Å². The maximum atomic E-state index is 5.10. The van der Waals surface area contributed by atoms with Gasteiger partial charge in [-0.25, -0.2) is 0 Å². The average Bonchev–Trinajstić information content (AvgIpc) is 2.58. The summed E-state index contributed by atoms with van der Waals surface area (Å²) >= 11 is 5.10. The van der Waals surface area contributed by atoms with Crippen molar-refractivity contribution in [3.05, 3.63) is 17.5 Å². The molecule has 1 aromatic heterocycles. The lowest BCUT2D eigenvalue weighted by Crippen LogP contribution is -2.36. The van der Waals surface area contributed by atoms with Gasteiger partial charge in [0.25, 0.3) is 0 Å². The lowest BCUT2D eigenvalue weighted by Gasteiger charge is -2.10. The Labute approximate surface area is 95.4 Å². The Morgan fingerprint density at radius 2 is 2.27 bits per heavy atom. The van der Waals surface area contributed by atoms with Crippen molar-refractivity contribution in [2.45, 2.75) is 27.3 Å². The van der Waals surface area contributed by atoms with Gasteiger partial charge in [0.1, 0.15) is 11.5 Å². The number of aromatic nitrogens is 1. The molecule has 0 fully saturated rings. The van der Waals surface area contributed by atoms with Gasteiger partial charge in [0.05, 0.1) is 6.54 Å². The summed E-state index contributed by atoms with van der Waals surface area (Å²) in [5.41, 5.74) is 0.862. The summed E-state index contributed by atoms with van der Waals surface area (Å²) in [5.74, 6) is 1.40. The van der Waals surface area contributed by atoms with Crippen LogP contribution in [0.3, 0.4) is 0 Å². The van der Waals surface area contributed by atoms with Crippen molar-refractivity contribution in [2.75, 3.05) is 6.54 Å². The van der Waals surface area contributed by atoms with Crippen LogP contribution < -0.4 is 10.6 Å². The lowest BCUT2D eigenvalue weighted by atomic mass is 10.2. The topological polar surface area (TPSA) is 50.1 Å². The number of hydrogen-bond acceptors (Lipinski definition) is 3. The van der Waals surface area contributed by atoms with E-state index >= 15 is 0 Å². The number of aryl methyl sites for hydroxylation is 1. The van der Waals surface area contributed by atoms with E-state index in [1.165, 1.54) is 0 Å². The molecule has 4 nitrogen and oxygen atoms in total. The molecule has 0 radical (unpaired) electrons. The van der Waals surface area contributed by atoms with Crippen molar-refractivity contribution in [1.29, 1.82) is 0 Å². The van der Waals surface area contributed by atoms with E-state index in [0.717, 1.165) is 18.0 Å². The van der Waals surface area contributed by atoms with Gasteiger partial charge in [-0.05, 0) is 25.1 Å². The number of nitrogens with zero attached hydrogens (tertiary/aromatic N) is 1. The summed E-state index contributed by atoms with van der Waals surface area (Å²) in [6.45, 7) is 7.62. The Morgan fingerprint density at radius 3 is 2.80 bits per heavy atom. The van der Waals surface area contributed by atoms with Crippen LogP contribution in [0.15, 0.2) is 10.6 Å². The number of thiocarbonyl (C=S) groups is 1. The zero-order valence-corrected chi connectivity index (χ0v) is 10.1. The molecule has 0 amide bonds. The molecular weight excluding hydrogens is 210 g/mol. The first-order valence-electron chi connectivity index (χ1n) is 5.02. The van der Waals surface area contributed by atoms with Gasteiger partial charge in [-0.15, -0.1) is 0 Å². The van der Waals surface area contributed by atoms with Crippen LogP contribution in [0, 0.1) is 12.8 Å². The van der Waals surface area contributed by atoms with Crippen LogP contribution in [0.5, 0.6) is 0 Å². The first-order valence-corrected chi connectivity index (χ1v) is 5.42. The van der Waals surface area contributed by atoms with Gasteiger partial charge in [-0.2, -0.15) is 0 Å². The van der Waals surface area contributed by atoms with Gasteiger partial charge in [-0.1, -0.05) is 19.0 Å². The summed E-state index contributed by atoms with van der Waals surface area (Å²) in [7, 11) is 0. The molecule has 0 saturated heterocycles. The molecule has 0 aromatic carbocycles. The van der Waals surface area contributed by atoms with E-state index in [4.69, 9.17) is 16.7 Å². The molecule has 0 unspecified atom stereocenters. The highest BCUT2D eigenvalue weighted by Crippen LogP contribution is 2.00.